The quantitative estimate of drug-likeness (QED) is 0.753. The molecule has 2 aromatic rings. The summed E-state index contributed by atoms with van der Waals surface area (Å²) in [4.78, 5) is 23.6. The first kappa shape index (κ1) is 18.9. The summed E-state index contributed by atoms with van der Waals surface area (Å²) in [5.74, 6) is -0.151. The van der Waals surface area contributed by atoms with Gasteiger partial charge in [0, 0.05) is 11.6 Å². The van der Waals surface area contributed by atoms with Crippen LogP contribution in [0.5, 0.6) is 5.75 Å². The van der Waals surface area contributed by atoms with Crippen molar-refractivity contribution in [1.29, 1.82) is 0 Å². The molecule has 1 aliphatic rings. The third-order valence-corrected chi connectivity index (χ3v) is 4.85. The van der Waals surface area contributed by atoms with Crippen LogP contribution in [0.25, 0.3) is 11.1 Å². The SMILES string of the molecule is NC(=O)c1cccc(-c2cc(OC(=O)NC3CCCCC3)ccc2CO)c1. The monoisotopic (exact) mass is 368 g/mol. The fourth-order valence-corrected chi connectivity index (χ4v) is 3.42. The molecular formula is C21H24N2O4. The van der Waals surface area contributed by atoms with Gasteiger partial charge in [-0.15, -0.1) is 0 Å². The highest BCUT2D eigenvalue weighted by Crippen LogP contribution is 2.29. The summed E-state index contributed by atoms with van der Waals surface area (Å²) in [7, 11) is 0. The highest BCUT2D eigenvalue weighted by atomic mass is 16.6. The smallest absolute Gasteiger partial charge is 0.410 e. The van der Waals surface area contributed by atoms with Crippen molar-refractivity contribution < 1.29 is 19.4 Å². The van der Waals surface area contributed by atoms with E-state index in [-0.39, 0.29) is 12.6 Å². The van der Waals surface area contributed by atoms with Gasteiger partial charge in [0.2, 0.25) is 5.91 Å². The second-order valence-electron chi connectivity index (χ2n) is 6.79. The van der Waals surface area contributed by atoms with Gasteiger partial charge in [-0.1, -0.05) is 37.5 Å². The second kappa shape index (κ2) is 8.68. The summed E-state index contributed by atoms with van der Waals surface area (Å²) < 4.78 is 5.43. The Hall–Kier alpha value is -2.86. The summed E-state index contributed by atoms with van der Waals surface area (Å²) in [5.41, 5.74) is 7.79. The maximum Gasteiger partial charge on any atom is 0.412 e. The molecule has 0 radical (unpaired) electrons. The molecule has 6 nitrogen and oxygen atoms in total. The van der Waals surface area contributed by atoms with Crippen molar-refractivity contribution in [3.63, 3.8) is 0 Å². The van der Waals surface area contributed by atoms with Gasteiger partial charge in [0.15, 0.2) is 0 Å². The molecule has 2 aromatic carbocycles. The van der Waals surface area contributed by atoms with Gasteiger partial charge in [-0.05, 0) is 53.8 Å². The maximum atomic E-state index is 12.2. The molecule has 142 valence electrons. The number of hydrogen-bond acceptors (Lipinski definition) is 4. The first-order valence-corrected chi connectivity index (χ1v) is 9.19. The largest absolute Gasteiger partial charge is 0.412 e. The summed E-state index contributed by atoms with van der Waals surface area (Å²) in [6, 6.07) is 12.0. The van der Waals surface area contributed by atoms with Crippen LogP contribution in [-0.2, 0) is 6.61 Å². The molecular weight excluding hydrogens is 344 g/mol. The number of hydrogen-bond donors (Lipinski definition) is 3. The van der Waals surface area contributed by atoms with E-state index in [1.807, 2.05) is 6.07 Å². The van der Waals surface area contributed by atoms with Crippen molar-refractivity contribution in [2.45, 2.75) is 44.8 Å². The predicted octanol–water partition coefficient (Wildman–Crippen LogP) is 3.37. The number of carbonyl (C=O) groups is 2. The van der Waals surface area contributed by atoms with Crippen molar-refractivity contribution in [3.8, 4) is 16.9 Å². The predicted molar refractivity (Wildman–Crippen MR) is 102 cm³/mol. The van der Waals surface area contributed by atoms with Crippen molar-refractivity contribution >= 4 is 12.0 Å². The second-order valence-corrected chi connectivity index (χ2v) is 6.79. The van der Waals surface area contributed by atoms with E-state index >= 15 is 0 Å². The zero-order chi connectivity index (χ0) is 19.2. The summed E-state index contributed by atoms with van der Waals surface area (Å²) in [5, 5.41) is 12.5. The van der Waals surface area contributed by atoms with Gasteiger partial charge >= 0.3 is 6.09 Å². The van der Waals surface area contributed by atoms with E-state index in [1.54, 1.807) is 36.4 Å². The van der Waals surface area contributed by atoms with E-state index in [1.165, 1.54) is 6.42 Å². The number of carbonyl (C=O) groups excluding carboxylic acids is 2. The van der Waals surface area contributed by atoms with Crippen molar-refractivity contribution in [3.05, 3.63) is 53.6 Å². The molecule has 0 aromatic heterocycles. The normalized spacial score (nSPS) is 14.6. The fraction of sp³-hybridized carbons (Fsp3) is 0.333. The third-order valence-electron chi connectivity index (χ3n) is 4.85. The zero-order valence-electron chi connectivity index (χ0n) is 15.1. The Kier molecular flexibility index (Phi) is 6.08. The molecule has 1 saturated carbocycles. The third kappa shape index (κ3) is 4.86. The molecule has 0 heterocycles. The summed E-state index contributed by atoms with van der Waals surface area (Å²) in [6.45, 7) is -0.176. The minimum absolute atomic E-state index is 0.162. The molecule has 4 N–H and O–H groups in total. The molecule has 0 atom stereocenters. The molecule has 2 amide bonds. The maximum absolute atomic E-state index is 12.2. The number of amides is 2. The summed E-state index contributed by atoms with van der Waals surface area (Å²) >= 11 is 0. The van der Waals surface area contributed by atoms with Gasteiger partial charge in [-0.3, -0.25) is 4.79 Å². The van der Waals surface area contributed by atoms with Crippen LogP contribution in [0.15, 0.2) is 42.5 Å². The molecule has 1 aliphatic carbocycles. The fourth-order valence-electron chi connectivity index (χ4n) is 3.42. The van der Waals surface area contributed by atoms with E-state index in [9.17, 15) is 14.7 Å². The Bertz CT molecular complexity index is 829. The molecule has 3 rings (SSSR count). The average Bonchev–Trinajstić information content (AvgIpc) is 2.68. The standard InChI is InChI=1S/C21H24N2O4/c22-20(25)15-6-4-5-14(11-15)19-12-18(10-9-16(19)13-24)27-21(26)23-17-7-2-1-3-8-17/h4-6,9-12,17,24H,1-3,7-8,13H2,(H2,22,25)(H,23,26). The number of nitrogens with one attached hydrogen (secondary N) is 1. The molecule has 0 saturated heterocycles. The van der Waals surface area contributed by atoms with Crippen LogP contribution in [0.2, 0.25) is 0 Å². The van der Waals surface area contributed by atoms with Crippen molar-refractivity contribution in [2.75, 3.05) is 0 Å². The van der Waals surface area contributed by atoms with Crippen LogP contribution in [-0.4, -0.2) is 23.1 Å². The van der Waals surface area contributed by atoms with Crippen LogP contribution in [0.1, 0.15) is 48.0 Å². The van der Waals surface area contributed by atoms with Gasteiger partial charge in [0.05, 0.1) is 6.61 Å². The Morgan fingerprint density at radius 3 is 2.59 bits per heavy atom. The number of rotatable bonds is 5. The van der Waals surface area contributed by atoms with E-state index in [0.717, 1.165) is 25.7 Å². The lowest BCUT2D eigenvalue weighted by Gasteiger charge is -2.22. The van der Waals surface area contributed by atoms with E-state index in [2.05, 4.69) is 5.32 Å². The van der Waals surface area contributed by atoms with Gasteiger partial charge in [-0.2, -0.15) is 0 Å². The van der Waals surface area contributed by atoms with Crippen LogP contribution in [0, 0.1) is 0 Å². The Morgan fingerprint density at radius 2 is 1.89 bits per heavy atom. The lowest BCUT2D eigenvalue weighted by Crippen LogP contribution is -2.38. The number of benzene rings is 2. The highest BCUT2D eigenvalue weighted by Gasteiger charge is 2.17. The Balaban J connectivity index is 1.80. The van der Waals surface area contributed by atoms with Crippen LogP contribution >= 0.6 is 0 Å². The number of nitrogens with two attached hydrogens (primary N) is 1. The van der Waals surface area contributed by atoms with Gasteiger partial charge < -0.3 is 20.9 Å². The number of aliphatic hydroxyl groups excluding tert-OH is 1. The lowest BCUT2D eigenvalue weighted by atomic mass is 9.96. The number of ether oxygens (including phenoxy) is 1. The van der Waals surface area contributed by atoms with E-state index in [0.29, 0.717) is 28.0 Å². The highest BCUT2D eigenvalue weighted by molar-refractivity contribution is 5.94. The minimum atomic E-state index is -0.526. The average molecular weight is 368 g/mol. The van der Waals surface area contributed by atoms with Gasteiger partial charge in [-0.25, -0.2) is 4.79 Å². The van der Waals surface area contributed by atoms with Crippen LogP contribution < -0.4 is 15.8 Å². The topological polar surface area (TPSA) is 102 Å². The van der Waals surface area contributed by atoms with Crippen molar-refractivity contribution in [1.82, 2.24) is 5.32 Å². The molecule has 1 fully saturated rings. The van der Waals surface area contributed by atoms with Gasteiger partial charge in [0.25, 0.3) is 0 Å². The van der Waals surface area contributed by atoms with Crippen LogP contribution in [0.4, 0.5) is 4.79 Å². The lowest BCUT2D eigenvalue weighted by molar-refractivity contribution is 0.1000. The zero-order valence-corrected chi connectivity index (χ0v) is 15.1. The first-order chi connectivity index (χ1) is 13.1. The van der Waals surface area contributed by atoms with E-state index < -0.39 is 12.0 Å². The molecule has 0 unspecified atom stereocenters. The van der Waals surface area contributed by atoms with Gasteiger partial charge in [0.1, 0.15) is 5.75 Å². The molecule has 27 heavy (non-hydrogen) atoms. The molecule has 6 heteroatoms. The van der Waals surface area contributed by atoms with E-state index in [4.69, 9.17) is 10.5 Å². The van der Waals surface area contributed by atoms with Crippen molar-refractivity contribution in [2.24, 2.45) is 5.73 Å². The van der Waals surface area contributed by atoms with Crippen LogP contribution in [0.3, 0.4) is 0 Å². The number of aliphatic hydroxyl groups is 1. The minimum Gasteiger partial charge on any atom is -0.410 e. The Labute approximate surface area is 158 Å². The summed E-state index contributed by atoms with van der Waals surface area (Å²) in [6.07, 6.45) is 4.93. The molecule has 0 spiro atoms. The first-order valence-electron chi connectivity index (χ1n) is 9.19. The number of primary amides is 1. The molecule has 0 aliphatic heterocycles. The Morgan fingerprint density at radius 1 is 1.11 bits per heavy atom. The molecule has 0 bridgehead atoms.